The SMILES string of the molecule is CC12c3ccccc3C3(C)c4ccccc4C13c1ccccc12. The van der Waals surface area contributed by atoms with Crippen LogP contribution in [0.15, 0.2) is 72.8 Å². The first-order valence-corrected chi connectivity index (χ1v) is 8.48. The number of rotatable bonds is 0. The normalized spacial score (nSPS) is 34.2. The van der Waals surface area contributed by atoms with Crippen molar-refractivity contribution in [2.24, 2.45) is 0 Å². The maximum Gasteiger partial charge on any atom is 0.0478 e. The Morgan fingerprint density at radius 3 is 1.04 bits per heavy atom. The van der Waals surface area contributed by atoms with Crippen LogP contribution < -0.4 is 0 Å². The molecule has 1 spiro atoms. The van der Waals surface area contributed by atoms with Crippen LogP contribution in [0.2, 0.25) is 0 Å². The second kappa shape index (κ2) is 3.28. The third-order valence-electron chi connectivity index (χ3n) is 7.24. The second-order valence-electron chi connectivity index (χ2n) is 7.64. The van der Waals surface area contributed by atoms with Gasteiger partial charge in [0.25, 0.3) is 0 Å². The van der Waals surface area contributed by atoms with Crippen molar-refractivity contribution in [2.75, 3.05) is 0 Å². The summed E-state index contributed by atoms with van der Waals surface area (Å²) in [6.45, 7) is 4.94. The zero-order valence-electron chi connectivity index (χ0n) is 13.4. The molecule has 0 saturated carbocycles. The van der Waals surface area contributed by atoms with Crippen molar-refractivity contribution in [2.45, 2.75) is 30.1 Å². The van der Waals surface area contributed by atoms with Crippen molar-refractivity contribution in [3.63, 3.8) is 0 Å². The lowest BCUT2D eigenvalue weighted by Gasteiger charge is -2.68. The lowest BCUT2D eigenvalue weighted by Crippen LogP contribution is -2.69. The van der Waals surface area contributed by atoms with E-state index in [1.165, 1.54) is 22.3 Å². The molecule has 0 bridgehead atoms. The molecule has 0 nitrogen and oxygen atoms in total. The summed E-state index contributed by atoms with van der Waals surface area (Å²) in [6, 6.07) is 27.3. The molecule has 0 N–H and O–H groups in total. The van der Waals surface area contributed by atoms with Gasteiger partial charge in [0, 0.05) is 16.2 Å². The summed E-state index contributed by atoms with van der Waals surface area (Å²) in [5.41, 5.74) is 9.50. The van der Waals surface area contributed by atoms with Gasteiger partial charge in [0.05, 0.1) is 0 Å². The average molecular weight is 294 g/mol. The van der Waals surface area contributed by atoms with Gasteiger partial charge < -0.3 is 0 Å². The van der Waals surface area contributed by atoms with Crippen LogP contribution in [-0.2, 0) is 16.2 Å². The van der Waals surface area contributed by atoms with Crippen molar-refractivity contribution in [1.82, 2.24) is 0 Å². The van der Waals surface area contributed by atoms with E-state index in [-0.39, 0.29) is 16.2 Å². The van der Waals surface area contributed by atoms with Crippen LogP contribution in [-0.4, -0.2) is 0 Å². The summed E-state index contributed by atoms with van der Waals surface area (Å²) in [4.78, 5) is 0. The first-order valence-electron chi connectivity index (χ1n) is 8.48. The Kier molecular flexibility index (Phi) is 1.73. The Labute approximate surface area is 136 Å². The fraction of sp³-hybridized carbons (Fsp3) is 0.217. The Bertz CT molecular complexity index is 929. The van der Waals surface area contributed by atoms with Crippen LogP contribution in [0.1, 0.15) is 47.2 Å². The zero-order valence-corrected chi connectivity index (χ0v) is 13.4. The van der Waals surface area contributed by atoms with Crippen molar-refractivity contribution >= 4 is 0 Å². The van der Waals surface area contributed by atoms with Gasteiger partial charge >= 0.3 is 0 Å². The van der Waals surface area contributed by atoms with Gasteiger partial charge in [-0.2, -0.15) is 0 Å². The minimum atomic E-state index is 0.100. The summed E-state index contributed by atoms with van der Waals surface area (Å²) >= 11 is 0. The molecule has 23 heavy (non-hydrogen) atoms. The summed E-state index contributed by atoms with van der Waals surface area (Å²) in [6.07, 6.45) is 0. The van der Waals surface area contributed by atoms with E-state index in [9.17, 15) is 0 Å². The number of fused-ring (bicyclic) bond motifs is 7. The molecule has 0 radical (unpaired) electrons. The van der Waals surface area contributed by atoms with Crippen LogP contribution in [0.25, 0.3) is 0 Å². The molecule has 0 heteroatoms. The van der Waals surface area contributed by atoms with Gasteiger partial charge in [-0.3, -0.25) is 0 Å². The quantitative estimate of drug-likeness (QED) is 0.552. The summed E-state index contributed by atoms with van der Waals surface area (Å²) in [5, 5.41) is 0. The van der Waals surface area contributed by atoms with Gasteiger partial charge in [-0.1, -0.05) is 86.6 Å². The fourth-order valence-corrected chi connectivity index (χ4v) is 6.54. The molecule has 0 heterocycles. The number of benzene rings is 3. The highest BCUT2D eigenvalue weighted by Crippen LogP contribution is 2.81. The second-order valence-corrected chi connectivity index (χ2v) is 7.64. The van der Waals surface area contributed by atoms with E-state index in [0.717, 1.165) is 0 Å². The molecule has 3 aliphatic carbocycles. The Balaban J connectivity index is 1.87. The first-order chi connectivity index (χ1) is 11.2. The lowest BCUT2D eigenvalue weighted by molar-refractivity contribution is 0.168. The Hall–Kier alpha value is -2.34. The van der Waals surface area contributed by atoms with Gasteiger partial charge in [-0.15, -0.1) is 0 Å². The molecule has 3 aromatic carbocycles. The summed E-state index contributed by atoms with van der Waals surface area (Å²) in [5.74, 6) is 0. The third kappa shape index (κ3) is 0.855. The van der Waals surface area contributed by atoms with E-state index in [1.807, 2.05) is 0 Å². The molecular formula is C23H18. The van der Waals surface area contributed by atoms with Gasteiger partial charge in [-0.25, -0.2) is 0 Å². The van der Waals surface area contributed by atoms with Crippen molar-refractivity contribution in [3.05, 3.63) is 106 Å². The molecule has 110 valence electrons. The fourth-order valence-electron chi connectivity index (χ4n) is 6.54. The smallest absolute Gasteiger partial charge is 0.0478 e. The van der Waals surface area contributed by atoms with Crippen molar-refractivity contribution in [3.8, 4) is 0 Å². The van der Waals surface area contributed by atoms with Crippen LogP contribution in [0.3, 0.4) is 0 Å². The zero-order chi connectivity index (χ0) is 15.4. The monoisotopic (exact) mass is 294 g/mol. The van der Waals surface area contributed by atoms with Crippen molar-refractivity contribution < 1.29 is 0 Å². The highest BCUT2D eigenvalue weighted by molar-refractivity contribution is 5.84. The molecule has 0 aromatic heterocycles. The van der Waals surface area contributed by atoms with Gasteiger partial charge in [0.2, 0.25) is 0 Å². The van der Waals surface area contributed by atoms with Gasteiger partial charge in [0.1, 0.15) is 0 Å². The average Bonchev–Trinajstić information content (AvgIpc) is 2.72. The van der Waals surface area contributed by atoms with Crippen LogP contribution >= 0.6 is 0 Å². The molecule has 0 saturated heterocycles. The van der Waals surface area contributed by atoms with E-state index in [2.05, 4.69) is 86.6 Å². The van der Waals surface area contributed by atoms with E-state index in [0.29, 0.717) is 0 Å². The highest BCUT2D eigenvalue weighted by atomic mass is 14.8. The maximum absolute atomic E-state index is 2.47. The summed E-state index contributed by atoms with van der Waals surface area (Å²) < 4.78 is 0. The minimum Gasteiger partial charge on any atom is -0.0619 e. The summed E-state index contributed by atoms with van der Waals surface area (Å²) in [7, 11) is 0. The van der Waals surface area contributed by atoms with Crippen LogP contribution in [0, 0.1) is 0 Å². The van der Waals surface area contributed by atoms with Crippen LogP contribution in [0.4, 0.5) is 0 Å². The topological polar surface area (TPSA) is 0 Å². The number of hydrogen-bond donors (Lipinski definition) is 0. The molecule has 2 atom stereocenters. The van der Waals surface area contributed by atoms with Gasteiger partial charge in [0.15, 0.2) is 0 Å². The van der Waals surface area contributed by atoms with E-state index in [1.54, 1.807) is 11.1 Å². The van der Waals surface area contributed by atoms with E-state index < -0.39 is 0 Å². The highest BCUT2D eigenvalue weighted by Gasteiger charge is 2.80. The molecule has 3 aromatic rings. The Morgan fingerprint density at radius 2 is 0.696 bits per heavy atom. The molecule has 2 unspecified atom stereocenters. The maximum atomic E-state index is 2.47. The lowest BCUT2D eigenvalue weighted by atomic mass is 9.32. The molecular weight excluding hydrogens is 276 g/mol. The predicted octanol–water partition coefficient (Wildman–Crippen LogP) is 4.93. The molecule has 6 rings (SSSR count). The Morgan fingerprint density at radius 1 is 0.435 bits per heavy atom. The predicted molar refractivity (Wildman–Crippen MR) is 93.0 cm³/mol. The molecule has 0 aliphatic heterocycles. The standard InChI is InChI=1S/C23H18/c1-21-15-9-3-4-10-16(15)22(2)18-12-6-8-14-20(18)23(21,22)19-13-7-5-11-17(19)21/h3-14H,1-2H3. The van der Waals surface area contributed by atoms with E-state index in [4.69, 9.17) is 0 Å². The molecule has 3 aliphatic rings. The molecule has 0 fully saturated rings. The van der Waals surface area contributed by atoms with Crippen LogP contribution in [0.5, 0.6) is 0 Å². The van der Waals surface area contributed by atoms with Gasteiger partial charge in [-0.05, 0) is 33.4 Å². The largest absolute Gasteiger partial charge is 0.0619 e. The first kappa shape index (κ1) is 12.1. The minimum absolute atomic E-state index is 0.100. The number of hydrogen-bond acceptors (Lipinski definition) is 0. The van der Waals surface area contributed by atoms with Crippen molar-refractivity contribution in [1.29, 1.82) is 0 Å². The molecule has 0 amide bonds. The third-order valence-corrected chi connectivity index (χ3v) is 7.24. The van der Waals surface area contributed by atoms with E-state index >= 15 is 0 Å².